The number of halogens is 2. The first-order chi connectivity index (χ1) is 7.70. The number of benzene rings is 1. The van der Waals surface area contributed by atoms with Gasteiger partial charge in [-0.15, -0.1) is 0 Å². The first-order valence-corrected chi connectivity index (χ1v) is 5.36. The highest BCUT2D eigenvalue weighted by Crippen LogP contribution is 2.20. The Bertz CT molecular complexity index is 494. The van der Waals surface area contributed by atoms with E-state index >= 15 is 0 Å². The van der Waals surface area contributed by atoms with E-state index in [1.807, 2.05) is 29.1 Å². The first-order valence-electron chi connectivity index (χ1n) is 4.98. The molecule has 2 nitrogen and oxygen atoms in total. The van der Waals surface area contributed by atoms with Gasteiger partial charge in [-0.2, -0.15) is 0 Å². The van der Waals surface area contributed by atoms with Gasteiger partial charge in [0.25, 0.3) is 0 Å². The van der Waals surface area contributed by atoms with Gasteiger partial charge in [-0.3, -0.25) is 0 Å². The molecule has 0 atom stereocenters. The second kappa shape index (κ2) is 4.68. The molecule has 1 aromatic carbocycles. The Kier molecular flexibility index (Phi) is 3.27. The molecule has 0 unspecified atom stereocenters. The van der Waals surface area contributed by atoms with Crippen LogP contribution in [0, 0.1) is 5.82 Å². The van der Waals surface area contributed by atoms with Crippen molar-refractivity contribution in [2.24, 2.45) is 5.73 Å². The van der Waals surface area contributed by atoms with Crippen molar-refractivity contribution in [2.45, 2.75) is 13.1 Å². The maximum atomic E-state index is 13.2. The lowest BCUT2D eigenvalue weighted by molar-refractivity contribution is 0.624. The Morgan fingerprint density at radius 1 is 1.31 bits per heavy atom. The highest BCUT2D eigenvalue weighted by atomic mass is 35.5. The summed E-state index contributed by atoms with van der Waals surface area (Å²) in [6.07, 6.45) is 3.84. The zero-order chi connectivity index (χ0) is 11.5. The summed E-state index contributed by atoms with van der Waals surface area (Å²) < 4.78 is 15.1. The number of aromatic nitrogens is 1. The van der Waals surface area contributed by atoms with Crippen LogP contribution in [-0.4, -0.2) is 4.57 Å². The number of nitrogens with zero attached hydrogens (tertiary/aromatic N) is 1. The fraction of sp³-hybridized carbons (Fsp3) is 0.167. The van der Waals surface area contributed by atoms with Crippen LogP contribution in [0.25, 0.3) is 0 Å². The molecule has 2 N–H and O–H groups in total. The minimum atomic E-state index is -0.384. The standard InChI is InChI=1S/C12H12ClFN2/c13-12-10(2-1-3-11(12)14)8-16-5-4-9(6-15)7-16/h1-5,7H,6,8,15H2. The molecule has 0 spiro atoms. The van der Waals surface area contributed by atoms with Crippen LogP contribution in [-0.2, 0) is 13.1 Å². The van der Waals surface area contributed by atoms with E-state index in [4.69, 9.17) is 17.3 Å². The van der Waals surface area contributed by atoms with Gasteiger partial charge in [0.05, 0.1) is 5.02 Å². The molecule has 0 aliphatic rings. The molecule has 0 fully saturated rings. The summed E-state index contributed by atoms with van der Waals surface area (Å²) in [6.45, 7) is 1.06. The van der Waals surface area contributed by atoms with Crippen LogP contribution in [0.1, 0.15) is 11.1 Å². The Hall–Kier alpha value is -1.32. The molecule has 16 heavy (non-hydrogen) atoms. The van der Waals surface area contributed by atoms with Crippen molar-refractivity contribution < 1.29 is 4.39 Å². The predicted octanol–water partition coefficient (Wildman–Crippen LogP) is 2.79. The summed E-state index contributed by atoms with van der Waals surface area (Å²) in [5.74, 6) is -0.384. The number of hydrogen-bond donors (Lipinski definition) is 1. The molecule has 0 amide bonds. The number of rotatable bonds is 3. The summed E-state index contributed by atoms with van der Waals surface area (Å²) in [4.78, 5) is 0. The van der Waals surface area contributed by atoms with Crippen molar-refractivity contribution in [3.8, 4) is 0 Å². The Morgan fingerprint density at radius 3 is 2.81 bits per heavy atom. The van der Waals surface area contributed by atoms with E-state index < -0.39 is 0 Å². The van der Waals surface area contributed by atoms with Crippen LogP contribution in [0.5, 0.6) is 0 Å². The number of hydrogen-bond acceptors (Lipinski definition) is 1. The quantitative estimate of drug-likeness (QED) is 0.876. The maximum absolute atomic E-state index is 13.2. The molecular weight excluding hydrogens is 227 g/mol. The van der Waals surface area contributed by atoms with E-state index in [2.05, 4.69) is 0 Å². The second-order valence-electron chi connectivity index (χ2n) is 3.61. The Balaban J connectivity index is 2.23. The van der Waals surface area contributed by atoms with E-state index in [-0.39, 0.29) is 10.8 Å². The van der Waals surface area contributed by atoms with Gasteiger partial charge < -0.3 is 10.3 Å². The largest absolute Gasteiger partial charge is 0.350 e. The topological polar surface area (TPSA) is 30.9 Å². The van der Waals surface area contributed by atoms with Crippen molar-refractivity contribution >= 4 is 11.6 Å². The molecule has 2 aromatic rings. The molecule has 2 rings (SSSR count). The van der Waals surface area contributed by atoms with Gasteiger partial charge in [0, 0.05) is 25.5 Å². The normalized spacial score (nSPS) is 10.7. The van der Waals surface area contributed by atoms with Gasteiger partial charge in [0.2, 0.25) is 0 Å². The lowest BCUT2D eigenvalue weighted by Gasteiger charge is -2.06. The van der Waals surface area contributed by atoms with Crippen LogP contribution in [0.4, 0.5) is 4.39 Å². The second-order valence-corrected chi connectivity index (χ2v) is 3.99. The molecule has 0 aliphatic heterocycles. The average Bonchev–Trinajstić information content (AvgIpc) is 2.73. The van der Waals surface area contributed by atoms with E-state index in [1.54, 1.807) is 6.07 Å². The fourth-order valence-electron chi connectivity index (χ4n) is 1.58. The molecule has 4 heteroatoms. The van der Waals surface area contributed by atoms with E-state index in [9.17, 15) is 4.39 Å². The van der Waals surface area contributed by atoms with Crippen molar-refractivity contribution in [3.05, 3.63) is 58.6 Å². The van der Waals surface area contributed by atoms with Crippen molar-refractivity contribution in [2.75, 3.05) is 0 Å². The minimum Gasteiger partial charge on any atom is -0.350 e. The summed E-state index contributed by atoms with van der Waals surface area (Å²) >= 11 is 5.87. The van der Waals surface area contributed by atoms with Crippen LogP contribution in [0.15, 0.2) is 36.7 Å². The van der Waals surface area contributed by atoms with E-state index in [0.29, 0.717) is 13.1 Å². The van der Waals surface area contributed by atoms with Gasteiger partial charge in [-0.1, -0.05) is 23.7 Å². The Morgan fingerprint density at radius 2 is 2.12 bits per heavy atom. The maximum Gasteiger partial charge on any atom is 0.142 e. The predicted molar refractivity (Wildman–Crippen MR) is 62.8 cm³/mol. The summed E-state index contributed by atoms with van der Waals surface area (Å²) in [7, 11) is 0. The first kappa shape index (κ1) is 11.2. The van der Waals surface area contributed by atoms with Crippen LogP contribution in [0.2, 0.25) is 5.02 Å². The van der Waals surface area contributed by atoms with Crippen LogP contribution < -0.4 is 5.73 Å². The molecule has 84 valence electrons. The lowest BCUT2D eigenvalue weighted by Crippen LogP contribution is -1.99. The molecule has 1 heterocycles. The average molecular weight is 239 g/mol. The zero-order valence-electron chi connectivity index (χ0n) is 8.66. The lowest BCUT2D eigenvalue weighted by atomic mass is 10.2. The van der Waals surface area contributed by atoms with Gasteiger partial charge in [0.15, 0.2) is 0 Å². The number of nitrogens with two attached hydrogens (primary N) is 1. The third-order valence-corrected chi connectivity index (χ3v) is 2.86. The molecule has 0 saturated heterocycles. The SMILES string of the molecule is NCc1ccn(Cc2cccc(F)c2Cl)c1. The zero-order valence-corrected chi connectivity index (χ0v) is 9.41. The van der Waals surface area contributed by atoms with Crippen molar-refractivity contribution in [1.29, 1.82) is 0 Å². The molecule has 1 aromatic heterocycles. The van der Waals surface area contributed by atoms with E-state index in [0.717, 1.165) is 11.1 Å². The minimum absolute atomic E-state index is 0.186. The van der Waals surface area contributed by atoms with Crippen LogP contribution >= 0.6 is 11.6 Å². The van der Waals surface area contributed by atoms with Gasteiger partial charge in [-0.05, 0) is 23.3 Å². The molecular formula is C12H12ClFN2. The van der Waals surface area contributed by atoms with Crippen LogP contribution in [0.3, 0.4) is 0 Å². The fourth-order valence-corrected chi connectivity index (χ4v) is 1.76. The highest BCUT2D eigenvalue weighted by molar-refractivity contribution is 6.31. The van der Waals surface area contributed by atoms with Gasteiger partial charge >= 0.3 is 0 Å². The molecule has 0 radical (unpaired) electrons. The summed E-state index contributed by atoms with van der Waals surface area (Å²) in [5.41, 5.74) is 7.32. The molecule has 0 bridgehead atoms. The third kappa shape index (κ3) is 2.26. The Labute approximate surface area is 98.4 Å². The van der Waals surface area contributed by atoms with E-state index in [1.165, 1.54) is 6.07 Å². The third-order valence-electron chi connectivity index (χ3n) is 2.43. The monoisotopic (exact) mass is 238 g/mol. The summed E-state index contributed by atoms with van der Waals surface area (Å²) in [5, 5.41) is 0.186. The summed E-state index contributed by atoms with van der Waals surface area (Å²) in [6, 6.07) is 6.76. The van der Waals surface area contributed by atoms with Crippen molar-refractivity contribution in [1.82, 2.24) is 4.57 Å². The van der Waals surface area contributed by atoms with Crippen molar-refractivity contribution in [3.63, 3.8) is 0 Å². The smallest absolute Gasteiger partial charge is 0.142 e. The molecule has 0 aliphatic carbocycles. The molecule has 0 saturated carbocycles. The van der Waals surface area contributed by atoms with Gasteiger partial charge in [0.1, 0.15) is 5.82 Å². The van der Waals surface area contributed by atoms with Gasteiger partial charge in [-0.25, -0.2) is 4.39 Å². The highest BCUT2D eigenvalue weighted by Gasteiger charge is 2.05.